The van der Waals surface area contributed by atoms with E-state index in [1.807, 2.05) is 30.3 Å². The Morgan fingerprint density at radius 1 is 1.18 bits per heavy atom. The van der Waals surface area contributed by atoms with Crippen molar-refractivity contribution in [2.75, 3.05) is 13.1 Å². The van der Waals surface area contributed by atoms with Gasteiger partial charge in [-0.3, -0.25) is 0 Å². The Balaban J connectivity index is 1.48. The van der Waals surface area contributed by atoms with Crippen LogP contribution in [0.1, 0.15) is 44.1 Å². The van der Waals surface area contributed by atoms with Crippen LogP contribution in [0.15, 0.2) is 30.3 Å². The third-order valence-corrected chi connectivity index (χ3v) is 5.25. The molecule has 0 aromatic heterocycles. The predicted molar refractivity (Wildman–Crippen MR) is 86.6 cm³/mol. The lowest BCUT2D eigenvalue weighted by Crippen LogP contribution is -2.56. The highest BCUT2D eigenvalue weighted by molar-refractivity contribution is 5.68. The summed E-state index contributed by atoms with van der Waals surface area (Å²) in [7, 11) is 0. The molecule has 1 aliphatic carbocycles. The van der Waals surface area contributed by atoms with Crippen LogP contribution in [0, 0.1) is 5.41 Å². The zero-order valence-corrected chi connectivity index (χ0v) is 13.1. The van der Waals surface area contributed by atoms with Crippen LogP contribution in [0.4, 0.5) is 4.79 Å². The minimum Gasteiger partial charge on any atom is -0.445 e. The van der Waals surface area contributed by atoms with E-state index in [1.165, 1.54) is 25.7 Å². The van der Waals surface area contributed by atoms with E-state index >= 15 is 0 Å². The molecule has 1 amide bonds. The smallest absolute Gasteiger partial charge is 0.407 e. The van der Waals surface area contributed by atoms with E-state index in [9.17, 15) is 4.79 Å². The van der Waals surface area contributed by atoms with E-state index in [2.05, 4.69) is 10.6 Å². The van der Waals surface area contributed by atoms with Gasteiger partial charge in [0.2, 0.25) is 0 Å². The van der Waals surface area contributed by atoms with Crippen molar-refractivity contribution < 1.29 is 9.53 Å². The Morgan fingerprint density at radius 3 is 2.82 bits per heavy atom. The topological polar surface area (TPSA) is 50.4 Å². The molecule has 1 saturated heterocycles. The van der Waals surface area contributed by atoms with Crippen molar-refractivity contribution in [3.05, 3.63) is 35.9 Å². The Morgan fingerprint density at radius 2 is 2.05 bits per heavy atom. The molecule has 1 spiro atoms. The predicted octanol–water partition coefficient (Wildman–Crippen LogP) is 3.23. The first-order valence-corrected chi connectivity index (χ1v) is 8.46. The number of carbonyl (C=O) groups is 1. The van der Waals surface area contributed by atoms with E-state index in [4.69, 9.17) is 4.74 Å². The third-order valence-electron chi connectivity index (χ3n) is 5.25. The molecule has 2 aliphatic rings. The van der Waals surface area contributed by atoms with Crippen LogP contribution >= 0.6 is 0 Å². The number of benzene rings is 1. The Labute approximate surface area is 132 Å². The van der Waals surface area contributed by atoms with E-state index in [0.717, 1.165) is 31.5 Å². The number of alkyl carbamates (subject to hydrolysis) is 1. The van der Waals surface area contributed by atoms with Gasteiger partial charge in [0, 0.05) is 6.04 Å². The van der Waals surface area contributed by atoms with Crippen LogP contribution in [0.3, 0.4) is 0 Å². The molecule has 1 heterocycles. The van der Waals surface area contributed by atoms with Crippen molar-refractivity contribution in [2.24, 2.45) is 5.41 Å². The fourth-order valence-electron chi connectivity index (χ4n) is 3.74. The molecule has 4 heteroatoms. The summed E-state index contributed by atoms with van der Waals surface area (Å²) in [5.41, 5.74) is 1.33. The highest BCUT2D eigenvalue weighted by atomic mass is 16.5. The van der Waals surface area contributed by atoms with Gasteiger partial charge < -0.3 is 15.4 Å². The largest absolute Gasteiger partial charge is 0.445 e. The van der Waals surface area contributed by atoms with Crippen LogP contribution in [0.2, 0.25) is 0 Å². The first kappa shape index (κ1) is 15.3. The lowest BCUT2D eigenvalue weighted by molar-refractivity contribution is 0.0326. The number of nitrogens with one attached hydrogen (secondary N) is 2. The Kier molecular flexibility index (Phi) is 4.98. The number of hydrogen-bond donors (Lipinski definition) is 2. The SMILES string of the molecule is O=C(NC1CCC12CCCCNCC2)OCc1ccccc1. The summed E-state index contributed by atoms with van der Waals surface area (Å²) in [6.45, 7) is 2.54. The second-order valence-electron chi connectivity index (χ2n) is 6.62. The molecule has 2 atom stereocenters. The molecule has 120 valence electrons. The quantitative estimate of drug-likeness (QED) is 0.901. The number of rotatable bonds is 3. The maximum atomic E-state index is 12.1. The molecular formula is C18H26N2O2. The summed E-state index contributed by atoms with van der Waals surface area (Å²) in [5, 5.41) is 6.59. The van der Waals surface area contributed by atoms with Gasteiger partial charge in [0.25, 0.3) is 0 Å². The summed E-state index contributed by atoms with van der Waals surface area (Å²) in [5.74, 6) is 0. The van der Waals surface area contributed by atoms with Crippen molar-refractivity contribution >= 4 is 6.09 Å². The van der Waals surface area contributed by atoms with Gasteiger partial charge in [-0.1, -0.05) is 36.8 Å². The minimum atomic E-state index is -0.275. The average molecular weight is 302 g/mol. The monoisotopic (exact) mass is 302 g/mol. The Hall–Kier alpha value is -1.55. The molecule has 1 saturated carbocycles. The first-order chi connectivity index (χ1) is 10.8. The zero-order chi connectivity index (χ0) is 15.3. The highest BCUT2D eigenvalue weighted by Gasteiger charge is 2.46. The van der Waals surface area contributed by atoms with Gasteiger partial charge in [-0.25, -0.2) is 4.79 Å². The highest BCUT2D eigenvalue weighted by Crippen LogP contribution is 2.48. The standard InChI is InChI=1S/C18H26N2O2/c21-17(22-14-15-6-2-1-3-7-15)20-16-8-10-18(16)9-4-5-12-19-13-11-18/h1-3,6-7,16,19H,4-5,8-14H2,(H,20,21). The molecule has 0 bridgehead atoms. The summed E-state index contributed by atoms with van der Waals surface area (Å²) < 4.78 is 5.36. The van der Waals surface area contributed by atoms with Crippen LogP contribution in [0.25, 0.3) is 0 Å². The molecule has 3 rings (SSSR count). The maximum Gasteiger partial charge on any atom is 0.407 e. The molecule has 4 nitrogen and oxygen atoms in total. The first-order valence-electron chi connectivity index (χ1n) is 8.46. The van der Waals surface area contributed by atoms with Gasteiger partial charge in [-0.05, 0) is 56.2 Å². The molecule has 1 aromatic carbocycles. The third kappa shape index (κ3) is 3.61. The molecule has 2 fully saturated rings. The van der Waals surface area contributed by atoms with Gasteiger partial charge in [0.1, 0.15) is 6.61 Å². The van der Waals surface area contributed by atoms with Crippen molar-refractivity contribution in [1.82, 2.24) is 10.6 Å². The molecule has 1 aliphatic heterocycles. The van der Waals surface area contributed by atoms with E-state index in [1.54, 1.807) is 0 Å². The van der Waals surface area contributed by atoms with Gasteiger partial charge in [0.05, 0.1) is 0 Å². The van der Waals surface area contributed by atoms with Crippen LogP contribution in [-0.2, 0) is 11.3 Å². The van der Waals surface area contributed by atoms with Crippen LogP contribution in [0.5, 0.6) is 0 Å². The van der Waals surface area contributed by atoms with Gasteiger partial charge >= 0.3 is 6.09 Å². The molecule has 1 aromatic rings. The summed E-state index contributed by atoms with van der Waals surface area (Å²) in [6.07, 6.45) is 6.94. The lowest BCUT2D eigenvalue weighted by atomic mass is 9.59. The molecule has 2 N–H and O–H groups in total. The van der Waals surface area contributed by atoms with Crippen molar-refractivity contribution in [3.8, 4) is 0 Å². The second kappa shape index (κ2) is 7.14. The second-order valence-corrected chi connectivity index (χ2v) is 6.62. The number of hydrogen-bond acceptors (Lipinski definition) is 3. The van der Waals surface area contributed by atoms with E-state index in [0.29, 0.717) is 12.0 Å². The van der Waals surface area contributed by atoms with Crippen molar-refractivity contribution in [1.29, 1.82) is 0 Å². The summed E-state index contributed by atoms with van der Waals surface area (Å²) in [6, 6.07) is 10.1. The fraction of sp³-hybridized carbons (Fsp3) is 0.611. The minimum absolute atomic E-state index is 0.275. The summed E-state index contributed by atoms with van der Waals surface area (Å²) in [4.78, 5) is 12.1. The van der Waals surface area contributed by atoms with Gasteiger partial charge in [-0.15, -0.1) is 0 Å². The Bertz CT molecular complexity index is 481. The maximum absolute atomic E-state index is 12.1. The van der Waals surface area contributed by atoms with Gasteiger partial charge in [-0.2, -0.15) is 0 Å². The average Bonchev–Trinajstić information content (AvgIpc) is 2.50. The normalized spacial score (nSPS) is 28.3. The van der Waals surface area contributed by atoms with Crippen molar-refractivity contribution in [2.45, 2.75) is 51.2 Å². The van der Waals surface area contributed by atoms with Crippen LogP contribution < -0.4 is 10.6 Å². The summed E-state index contributed by atoms with van der Waals surface area (Å²) >= 11 is 0. The molecule has 2 unspecified atom stereocenters. The number of amides is 1. The number of ether oxygens (including phenoxy) is 1. The van der Waals surface area contributed by atoms with Gasteiger partial charge in [0.15, 0.2) is 0 Å². The van der Waals surface area contributed by atoms with E-state index in [-0.39, 0.29) is 12.1 Å². The zero-order valence-electron chi connectivity index (χ0n) is 13.1. The molecule has 22 heavy (non-hydrogen) atoms. The fourth-order valence-corrected chi connectivity index (χ4v) is 3.74. The lowest BCUT2D eigenvalue weighted by Gasteiger charge is -2.51. The van der Waals surface area contributed by atoms with Crippen molar-refractivity contribution in [3.63, 3.8) is 0 Å². The molecular weight excluding hydrogens is 276 g/mol. The van der Waals surface area contributed by atoms with Crippen LogP contribution in [-0.4, -0.2) is 25.2 Å². The van der Waals surface area contributed by atoms with E-state index < -0.39 is 0 Å². The molecule has 0 radical (unpaired) electrons. The number of carbonyl (C=O) groups excluding carboxylic acids is 1.